The highest BCUT2D eigenvalue weighted by Crippen LogP contribution is 2.23. The molecule has 0 saturated heterocycles. The second-order valence-electron chi connectivity index (χ2n) is 5.71. The van der Waals surface area contributed by atoms with Crippen LogP contribution in [0.1, 0.15) is 20.9 Å². The summed E-state index contributed by atoms with van der Waals surface area (Å²) in [7, 11) is 1.74. The molecule has 0 unspecified atom stereocenters. The summed E-state index contributed by atoms with van der Waals surface area (Å²) in [5.74, 6) is -1.23. The number of hydrogen-bond donors (Lipinski definition) is 1. The van der Waals surface area contributed by atoms with Crippen LogP contribution in [0, 0.1) is 5.82 Å². The average Bonchev–Trinajstić information content (AvgIpc) is 3.24. The number of anilines is 1. The Bertz CT molecular complexity index is 973. The summed E-state index contributed by atoms with van der Waals surface area (Å²) in [6.45, 7) is 0.524. The first-order chi connectivity index (χ1) is 12.9. The molecule has 140 valence electrons. The van der Waals surface area contributed by atoms with Gasteiger partial charge in [0.05, 0.1) is 28.0 Å². The summed E-state index contributed by atoms with van der Waals surface area (Å²) >= 11 is 6.18. The van der Waals surface area contributed by atoms with Gasteiger partial charge in [-0.1, -0.05) is 12.1 Å². The van der Waals surface area contributed by atoms with Gasteiger partial charge in [0.1, 0.15) is 5.82 Å². The lowest BCUT2D eigenvalue weighted by Gasteiger charge is -2.15. The number of carbonyl (C=O) groups is 2. The number of amides is 2. The molecule has 0 aliphatic rings. The Kier molecular flexibility index (Phi) is 6.35. The first-order valence-electron chi connectivity index (χ1n) is 7.91. The topological polar surface area (TPSA) is 62.3 Å². The van der Waals surface area contributed by atoms with Crippen LogP contribution in [0.2, 0.25) is 0 Å². The van der Waals surface area contributed by atoms with Gasteiger partial charge in [-0.2, -0.15) is 0 Å². The van der Waals surface area contributed by atoms with Crippen LogP contribution < -0.4 is 5.32 Å². The van der Waals surface area contributed by atoms with Crippen molar-refractivity contribution >= 4 is 55.5 Å². The Hall–Kier alpha value is -2.10. The number of thiazole rings is 1. The number of aromatic nitrogens is 1. The van der Waals surface area contributed by atoms with Gasteiger partial charge in [-0.3, -0.25) is 14.9 Å². The molecule has 1 aromatic carbocycles. The molecule has 0 atom stereocenters. The molecular weight excluding hydrogens is 453 g/mol. The van der Waals surface area contributed by atoms with E-state index in [1.165, 1.54) is 29.5 Å². The van der Waals surface area contributed by atoms with E-state index in [0.29, 0.717) is 17.4 Å². The molecule has 0 aliphatic heterocycles. The van der Waals surface area contributed by atoms with Crippen LogP contribution in [-0.4, -0.2) is 28.7 Å². The summed E-state index contributed by atoms with van der Waals surface area (Å²) in [4.78, 5) is 31.4. The van der Waals surface area contributed by atoms with E-state index in [-0.39, 0.29) is 17.9 Å². The van der Waals surface area contributed by atoms with Gasteiger partial charge in [0.25, 0.3) is 5.91 Å². The van der Waals surface area contributed by atoms with E-state index >= 15 is 0 Å². The van der Waals surface area contributed by atoms with Gasteiger partial charge in [-0.05, 0) is 40.2 Å². The summed E-state index contributed by atoms with van der Waals surface area (Å²) < 4.78 is 14.7. The van der Waals surface area contributed by atoms with Gasteiger partial charge in [0, 0.05) is 17.3 Å². The van der Waals surface area contributed by atoms with Crippen molar-refractivity contribution in [1.82, 2.24) is 9.88 Å². The molecule has 1 N–H and O–H groups in total. The van der Waals surface area contributed by atoms with Crippen LogP contribution in [0.4, 0.5) is 9.52 Å². The van der Waals surface area contributed by atoms with E-state index in [4.69, 9.17) is 0 Å². The van der Waals surface area contributed by atoms with E-state index in [1.807, 2.05) is 12.1 Å². The Morgan fingerprint density at radius 1 is 1.26 bits per heavy atom. The fraction of sp³-hybridized carbons (Fsp3) is 0.167. The van der Waals surface area contributed by atoms with Crippen molar-refractivity contribution < 1.29 is 14.0 Å². The molecular formula is C18H15BrFN3O2S2. The van der Waals surface area contributed by atoms with E-state index in [0.717, 1.165) is 8.66 Å². The summed E-state index contributed by atoms with van der Waals surface area (Å²) in [6.07, 6.45) is 0.134. The number of nitrogens with zero attached hydrogens (tertiary/aromatic N) is 2. The molecule has 9 heteroatoms. The molecule has 0 bridgehead atoms. The normalized spacial score (nSPS) is 10.6. The molecule has 2 amide bonds. The number of halogens is 2. The third-order valence-corrected chi connectivity index (χ3v) is 6.09. The standard InChI is InChI=1S/C18H15BrFN3O2S2/c1-23(9-12-6-7-15(19)27-12)16(24)8-11-10-26-18(21-11)22-17(25)13-4-2-3-5-14(13)20/h2-7,10H,8-9H2,1H3,(H,21,22,25). The largest absolute Gasteiger partial charge is 0.340 e. The molecule has 0 radical (unpaired) electrons. The Morgan fingerprint density at radius 3 is 2.74 bits per heavy atom. The highest BCUT2D eigenvalue weighted by molar-refractivity contribution is 9.11. The molecule has 27 heavy (non-hydrogen) atoms. The van der Waals surface area contributed by atoms with Gasteiger partial charge in [-0.15, -0.1) is 22.7 Å². The van der Waals surface area contributed by atoms with Crippen LogP contribution >= 0.6 is 38.6 Å². The first-order valence-corrected chi connectivity index (χ1v) is 10.4. The van der Waals surface area contributed by atoms with Crippen LogP contribution in [0.5, 0.6) is 0 Å². The molecule has 2 aromatic heterocycles. The van der Waals surface area contributed by atoms with Gasteiger partial charge in [-0.25, -0.2) is 9.37 Å². The minimum Gasteiger partial charge on any atom is -0.340 e. The number of thiophene rings is 1. The lowest BCUT2D eigenvalue weighted by molar-refractivity contribution is -0.129. The highest BCUT2D eigenvalue weighted by Gasteiger charge is 2.16. The van der Waals surface area contributed by atoms with E-state index in [2.05, 4.69) is 26.2 Å². The van der Waals surface area contributed by atoms with Crippen molar-refractivity contribution in [2.75, 3.05) is 12.4 Å². The Labute approximate surface area is 172 Å². The quantitative estimate of drug-likeness (QED) is 0.577. The van der Waals surface area contributed by atoms with E-state index < -0.39 is 11.7 Å². The second-order valence-corrected chi connectivity index (χ2v) is 9.12. The Morgan fingerprint density at radius 2 is 2.04 bits per heavy atom. The van der Waals surface area contributed by atoms with E-state index in [1.54, 1.807) is 34.7 Å². The zero-order chi connectivity index (χ0) is 19.4. The fourth-order valence-electron chi connectivity index (χ4n) is 2.30. The van der Waals surface area contributed by atoms with Crippen molar-refractivity contribution in [3.05, 3.63) is 67.5 Å². The number of carbonyl (C=O) groups excluding carboxylic acids is 2. The zero-order valence-corrected chi connectivity index (χ0v) is 17.5. The monoisotopic (exact) mass is 467 g/mol. The van der Waals surface area contributed by atoms with Gasteiger partial charge >= 0.3 is 0 Å². The van der Waals surface area contributed by atoms with Crippen LogP contribution in [0.15, 0.2) is 45.6 Å². The highest BCUT2D eigenvalue weighted by atomic mass is 79.9. The molecule has 5 nitrogen and oxygen atoms in total. The summed E-state index contributed by atoms with van der Waals surface area (Å²) in [5.41, 5.74) is 0.514. The second kappa shape index (κ2) is 8.73. The molecule has 3 rings (SSSR count). The molecule has 2 heterocycles. The van der Waals surface area contributed by atoms with Crippen molar-refractivity contribution in [3.8, 4) is 0 Å². The van der Waals surface area contributed by atoms with Gasteiger partial charge in [0.2, 0.25) is 5.91 Å². The molecule has 0 saturated carbocycles. The zero-order valence-electron chi connectivity index (χ0n) is 14.2. The number of likely N-dealkylation sites (N-methyl/N-ethyl adjacent to an activating group) is 1. The predicted octanol–water partition coefficient (Wildman–Crippen LogP) is 4.56. The SMILES string of the molecule is CN(Cc1ccc(Br)s1)C(=O)Cc1csc(NC(=O)c2ccccc2F)n1. The van der Waals surface area contributed by atoms with Crippen molar-refractivity contribution in [3.63, 3.8) is 0 Å². The van der Waals surface area contributed by atoms with Crippen LogP contribution in [-0.2, 0) is 17.8 Å². The maximum absolute atomic E-state index is 13.7. The molecule has 0 fully saturated rings. The number of hydrogen-bond acceptors (Lipinski definition) is 5. The van der Waals surface area contributed by atoms with Gasteiger partial charge in [0.15, 0.2) is 5.13 Å². The maximum atomic E-state index is 13.7. The summed E-state index contributed by atoms with van der Waals surface area (Å²) in [5, 5.41) is 4.61. The smallest absolute Gasteiger partial charge is 0.260 e. The number of nitrogens with one attached hydrogen (secondary N) is 1. The fourth-order valence-corrected chi connectivity index (χ4v) is 4.55. The Balaban J connectivity index is 1.58. The summed E-state index contributed by atoms with van der Waals surface area (Å²) in [6, 6.07) is 9.65. The van der Waals surface area contributed by atoms with Gasteiger partial charge < -0.3 is 4.90 Å². The lowest BCUT2D eigenvalue weighted by atomic mass is 10.2. The molecule has 0 aliphatic carbocycles. The van der Waals surface area contributed by atoms with Crippen LogP contribution in [0.25, 0.3) is 0 Å². The average molecular weight is 468 g/mol. The van der Waals surface area contributed by atoms with Crippen LogP contribution in [0.3, 0.4) is 0 Å². The minimum absolute atomic E-state index is 0.0489. The number of benzene rings is 1. The van der Waals surface area contributed by atoms with E-state index in [9.17, 15) is 14.0 Å². The predicted molar refractivity (Wildman–Crippen MR) is 109 cm³/mol. The van der Waals surface area contributed by atoms with Crippen molar-refractivity contribution in [2.45, 2.75) is 13.0 Å². The maximum Gasteiger partial charge on any atom is 0.260 e. The van der Waals surface area contributed by atoms with Crippen molar-refractivity contribution in [1.29, 1.82) is 0 Å². The third kappa shape index (κ3) is 5.21. The minimum atomic E-state index is -0.594. The van der Waals surface area contributed by atoms with Crippen molar-refractivity contribution in [2.24, 2.45) is 0 Å². The molecule has 3 aromatic rings. The number of rotatable bonds is 6. The lowest BCUT2D eigenvalue weighted by Crippen LogP contribution is -2.27. The molecule has 0 spiro atoms. The third-order valence-electron chi connectivity index (χ3n) is 3.67. The first kappa shape index (κ1) is 19.7.